The van der Waals surface area contributed by atoms with E-state index < -0.39 is 10.0 Å². The number of pyridine rings is 1. The number of sulfonamides is 1. The normalized spacial score (nSPS) is 11.3. The van der Waals surface area contributed by atoms with Crippen LogP contribution < -0.4 is 9.62 Å². The van der Waals surface area contributed by atoms with Crippen molar-refractivity contribution in [2.75, 3.05) is 9.62 Å². The van der Waals surface area contributed by atoms with Crippen LogP contribution in [-0.2, 0) is 16.6 Å². The molecule has 0 atom stereocenters. The Kier molecular flexibility index (Phi) is 6.26. The molecule has 5 rings (SSSR count). The maximum absolute atomic E-state index is 13.6. The molecular formula is C26H20N4O3S2. The summed E-state index contributed by atoms with van der Waals surface area (Å²) in [6, 6.07) is 27.7. The smallest absolute Gasteiger partial charge is 0.261 e. The fourth-order valence-corrected chi connectivity index (χ4v) is 5.55. The van der Waals surface area contributed by atoms with E-state index in [4.69, 9.17) is 0 Å². The maximum Gasteiger partial charge on any atom is 0.261 e. The van der Waals surface area contributed by atoms with Crippen molar-refractivity contribution in [3.05, 3.63) is 115 Å². The molecule has 7 nitrogen and oxygen atoms in total. The van der Waals surface area contributed by atoms with Gasteiger partial charge in [-0.2, -0.15) is 0 Å². The van der Waals surface area contributed by atoms with Gasteiger partial charge in [-0.25, -0.2) is 13.4 Å². The molecular weight excluding hydrogens is 480 g/mol. The van der Waals surface area contributed by atoms with E-state index in [1.54, 1.807) is 53.6 Å². The highest BCUT2D eigenvalue weighted by Gasteiger charge is 2.22. The van der Waals surface area contributed by atoms with Gasteiger partial charge >= 0.3 is 0 Å². The van der Waals surface area contributed by atoms with Gasteiger partial charge in [-0.1, -0.05) is 47.7 Å². The third kappa shape index (κ3) is 5.06. The van der Waals surface area contributed by atoms with Crippen LogP contribution in [0.1, 0.15) is 16.1 Å². The van der Waals surface area contributed by atoms with Crippen molar-refractivity contribution in [2.24, 2.45) is 0 Å². The molecule has 5 aromatic rings. The number of thiazole rings is 1. The molecule has 3 aromatic carbocycles. The minimum Gasteiger partial charge on any atom is -0.280 e. The number of aromatic nitrogens is 2. The predicted octanol–water partition coefficient (Wildman–Crippen LogP) is 5.34. The molecule has 2 aromatic heterocycles. The third-order valence-corrected chi connectivity index (χ3v) is 7.70. The molecule has 0 fully saturated rings. The van der Waals surface area contributed by atoms with Crippen LogP contribution in [0.15, 0.2) is 108 Å². The number of nitrogens with zero attached hydrogens (tertiary/aromatic N) is 3. The molecule has 0 aliphatic rings. The maximum atomic E-state index is 13.6. The van der Waals surface area contributed by atoms with Gasteiger partial charge in [-0.15, -0.1) is 0 Å². The Morgan fingerprint density at radius 1 is 0.857 bits per heavy atom. The molecule has 0 saturated carbocycles. The van der Waals surface area contributed by atoms with Crippen molar-refractivity contribution < 1.29 is 13.2 Å². The van der Waals surface area contributed by atoms with Crippen LogP contribution in [0.25, 0.3) is 10.2 Å². The van der Waals surface area contributed by atoms with Gasteiger partial charge in [0.05, 0.1) is 27.4 Å². The van der Waals surface area contributed by atoms with E-state index in [9.17, 15) is 13.2 Å². The van der Waals surface area contributed by atoms with Crippen molar-refractivity contribution >= 4 is 48.3 Å². The van der Waals surface area contributed by atoms with E-state index >= 15 is 0 Å². The molecule has 0 aliphatic heterocycles. The monoisotopic (exact) mass is 500 g/mol. The first-order valence-electron chi connectivity index (χ1n) is 10.7. The zero-order valence-electron chi connectivity index (χ0n) is 18.4. The van der Waals surface area contributed by atoms with Crippen LogP contribution in [0.4, 0.5) is 10.8 Å². The Hall–Kier alpha value is -4.08. The van der Waals surface area contributed by atoms with Crippen molar-refractivity contribution in [1.82, 2.24) is 9.97 Å². The summed E-state index contributed by atoms with van der Waals surface area (Å²) in [5.41, 5.74) is 2.31. The molecule has 174 valence electrons. The number of carbonyl (C=O) groups excluding carboxylic acids is 1. The molecule has 1 amide bonds. The third-order valence-electron chi connectivity index (χ3n) is 5.24. The molecule has 35 heavy (non-hydrogen) atoms. The van der Waals surface area contributed by atoms with Crippen LogP contribution in [0, 0.1) is 0 Å². The van der Waals surface area contributed by atoms with Gasteiger partial charge in [-0.3, -0.25) is 19.4 Å². The van der Waals surface area contributed by atoms with E-state index in [1.165, 1.54) is 23.5 Å². The van der Waals surface area contributed by atoms with Crippen molar-refractivity contribution in [3.63, 3.8) is 0 Å². The highest BCUT2D eigenvalue weighted by Crippen LogP contribution is 2.30. The summed E-state index contributed by atoms with van der Waals surface area (Å²) < 4.78 is 28.7. The number of amides is 1. The van der Waals surface area contributed by atoms with E-state index in [1.807, 2.05) is 42.5 Å². The molecule has 0 bridgehead atoms. The lowest BCUT2D eigenvalue weighted by molar-refractivity contribution is 0.0985. The second-order valence-corrected chi connectivity index (χ2v) is 10.4. The number of anilines is 2. The second kappa shape index (κ2) is 9.65. The summed E-state index contributed by atoms with van der Waals surface area (Å²) in [7, 11) is -3.72. The minimum absolute atomic E-state index is 0.164. The summed E-state index contributed by atoms with van der Waals surface area (Å²) in [5.74, 6) is -0.257. The van der Waals surface area contributed by atoms with Crippen molar-refractivity contribution in [1.29, 1.82) is 0 Å². The number of fused-ring (bicyclic) bond motifs is 1. The van der Waals surface area contributed by atoms with Gasteiger partial charge in [-0.05, 0) is 60.7 Å². The molecule has 1 N–H and O–H groups in total. The summed E-state index contributed by atoms with van der Waals surface area (Å²) in [5, 5.41) is 0.565. The van der Waals surface area contributed by atoms with Crippen molar-refractivity contribution in [3.8, 4) is 0 Å². The number of carbonyl (C=O) groups is 1. The molecule has 0 saturated heterocycles. The Labute approximate surface area is 206 Å². The highest BCUT2D eigenvalue weighted by atomic mass is 32.2. The van der Waals surface area contributed by atoms with Gasteiger partial charge in [0.15, 0.2) is 5.13 Å². The largest absolute Gasteiger partial charge is 0.280 e. The lowest BCUT2D eigenvalue weighted by Crippen LogP contribution is -2.30. The summed E-state index contributed by atoms with van der Waals surface area (Å²) in [4.78, 5) is 24.4. The van der Waals surface area contributed by atoms with Gasteiger partial charge in [0.1, 0.15) is 0 Å². The fourth-order valence-electron chi connectivity index (χ4n) is 3.51. The number of benzene rings is 3. The molecule has 2 heterocycles. The first-order chi connectivity index (χ1) is 17.0. The van der Waals surface area contributed by atoms with Crippen LogP contribution in [-0.4, -0.2) is 24.3 Å². The first kappa shape index (κ1) is 22.7. The fraction of sp³-hybridized carbons (Fsp3) is 0.0385. The van der Waals surface area contributed by atoms with E-state index in [0.29, 0.717) is 16.4 Å². The Morgan fingerprint density at radius 3 is 2.29 bits per heavy atom. The molecule has 0 aliphatic carbocycles. The van der Waals surface area contributed by atoms with Gasteiger partial charge in [0.25, 0.3) is 15.9 Å². The summed E-state index contributed by atoms with van der Waals surface area (Å²) >= 11 is 1.43. The quantitative estimate of drug-likeness (QED) is 0.326. The zero-order chi connectivity index (χ0) is 24.3. The van der Waals surface area contributed by atoms with Crippen LogP contribution in [0.2, 0.25) is 0 Å². The number of hydrogen-bond donors (Lipinski definition) is 1. The topological polar surface area (TPSA) is 92.3 Å². The van der Waals surface area contributed by atoms with Gasteiger partial charge < -0.3 is 0 Å². The number of hydrogen-bond acceptors (Lipinski definition) is 6. The SMILES string of the molecule is O=C(c1ccc(NS(=O)(=O)c2ccccc2)cc1)N(Cc1ccccn1)c1nc2ccccc2s1. The number of rotatable bonds is 7. The molecule has 9 heteroatoms. The first-order valence-corrected chi connectivity index (χ1v) is 13.0. The van der Waals surface area contributed by atoms with E-state index in [-0.39, 0.29) is 17.3 Å². The summed E-state index contributed by atoms with van der Waals surface area (Å²) in [6.45, 7) is 0.252. The number of nitrogens with one attached hydrogen (secondary N) is 1. The van der Waals surface area contributed by atoms with Gasteiger partial charge in [0, 0.05) is 17.4 Å². The minimum atomic E-state index is -3.72. The number of para-hydroxylation sites is 1. The van der Waals surface area contributed by atoms with Crippen LogP contribution >= 0.6 is 11.3 Å². The summed E-state index contributed by atoms with van der Waals surface area (Å²) in [6.07, 6.45) is 1.68. The zero-order valence-corrected chi connectivity index (χ0v) is 20.0. The Balaban J connectivity index is 1.43. The molecule has 0 spiro atoms. The lowest BCUT2D eigenvalue weighted by atomic mass is 10.2. The van der Waals surface area contributed by atoms with E-state index in [2.05, 4.69) is 14.7 Å². The highest BCUT2D eigenvalue weighted by molar-refractivity contribution is 7.92. The average Bonchev–Trinajstić information content (AvgIpc) is 3.32. The second-order valence-electron chi connectivity index (χ2n) is 7.67. The predicted molar refractivity (Wildman–Crippen MR) is 138 cm³/mol. The Bertz CT molecular complexity index is 1540. The standard InChI is InChI=1S/C26H20N4O3S2/c31-25(19-13-15-20(16-14-19)29-35(32,33)22-9-2-1-3-10-22)30(18-21-8-6-7-17-27-21)26-28-23-11-4-5-12-24(23)34-26/h1-17,29H,18H2. The van der Waals surface area contributed by atoms with Crippen molar-refractivity contribution in [2.45, 2.75) is 11.4 Å². The average molecular weight is 501 g/mol. The Morgan fingerprint density at radius 2 is 1.57 bits per heavy atom. The van der Waals surface area contributed by atoms with Crippen LogP contribution in [0.5, 0.6) is 0 Å². The lowest BCUT2D eigenvalue weighted by Gasteiger charge is -2.20. The van der Waals surface area contributed by atoms with E-state index in [0.717, 1.165) is 15.9 Å². The molecule has 0 unspecified atom stereocenters. The van der Waals surface area contributed by atoms with Crippen LogP contribution in [0.3, 0.4) is 0 Å². The van der Waals surface area contributed by atoms with Gasteiger partial charge in [0.2, 0.25) is 0 Å². The molecule has 0 radical (unpaired) electrons.